The van der Waals surface area contributed by atoms with E-state index in [9.17, 15) is 9.59 Å². The number of amides is 2. The molecule has 0 radical (unpaired) electrons. The van der Waals surface area contributed by atoms with E-state index < -0.39 is 11.8 Å². The van der Waals surface area contributed by atoms with Gasteiger partial charge in [-0.3, -0.25) is 9.59 Å². The number of carbonyl (C=O) groups is 2. The second-order valence-corrected chi connectivity index (χ2v) is 7.18. The number of hydrogen-bond donors (Lipinski definition) is 2. The zero-order valence-electron chi connectivity index (χ0n) is 15.2. The maximum atomic E-state index is 12.1. The van der Waals surface area contributed by atoms with Crippen LogP contribution in [0.25, 0.3) is 0 Å². The van der Waals surface area contributed by atoms with Crippen LogP contribution in [0.1, 0.15) is 18.4 Å². The van der Waals surface area contributed by atoms with Crippen molar-refractivity contribution in [1.82, 2.24) is 10.3 Å². The Morgan fingerprint density at radius 2 is 1.96 bits per heavy atom. The first-order valence-electron chi connectivity index (χ1n) is 9.04. The first-order valence-corrected chi connectivity index (χ1v) is 9.42. The highest BCUT2D eigenvalue weighted by Gasteiger charge is 2.22. The minimum atomic E-state index is -0.675. The van der Waals surface area contributed by atoms with E-state index in [2.05, 4.69) is 20.5 Å². The van der Waals surface area contributed by atoms with Gasteiger partial charge in [0.2, 0.25) is 0 Å². The van der Waals surface area contributed by atoms with E-state index in [4.69, 9.17) is 11.6 Å². The Labute approximate surface area is 163 Å². The third-order valence-electron chi connectivity index (χ3n) is 4.79. The Morgan fingerprint density at radius 1 is 1.19 bits per heavy atom. The van der Waals surface area contributed by atoms with Crippen LogP contribution in [-0.2, 0) is 9.59 Å². The van der Waals surface area contributed by atoms with E-state index in [-0.39, 0.29) is 0 Å². The number of anilines is 2. The van der Waals surface area contributed by atoms with Crippen LogP contribution in [0.15, 0.2) is 42.6 Å². The Hall–Kier alpha value is -2.60. The zero-order valence-corrected chi connectivity index (χ0v) is 16.0. The highest BCUT2D eigenvalue weighted by Crippen LogP contribution is 2.21. The van der Waals surface area contributed by atoms with Gasteiger partial charge in [0.15, 0.2) is 0 Å². The van der Waals surface area contributed by atoms with Crippen molar-refractivity contribution in [3.63, 3.8) is 0 Å². The van der Waals surface area contributed by atoms with Gasteiger partial charge in [-0.15, -0.1) is 0 Å². The molecule has 1 saturated heterocycles. The molecule has 27 heavy (non-hydrogen) atoms. The summed E-state index contributed by atoms with van der Waals surface area (Å²) in [7, 11) is 0. The van der Waals surface area contributed by atoms with Crippen LogP contribution in [0.5, 0.6) is 0 Å². The summed E-state index contributed by atoms with van der Waals surface area (Å²) in [5, 5.41) is 5.87. The molecule has 0 saturated carbocycles. The summed E-state index contributed by atoms with van der Waals surface area (Å²) in [6.45, 7) is 4.13. The van der Waals surface area contributed by atoms with Crippen molar-refractivity contribution in [3.05, 3.63) is 53.2 Å². The third kappa shape index (κ3) is 5.20. The van der Waals surface area contributed by atoms with Gasteiger partial charge in [0.1, 0.15) is 5.82 Å². The summed E-state index contributed by atoms with van der Waals surface area (Å²) in [5.74, 6) is 0.0405. The molecule has 0 spiro atoms. The Kier molecular flexibility index (Phi) is 6.29. The van der Waals surface area contributed by atoms with Crippen molar-refractivity contribution in [3.8, 4) is 0 Å². The van der Waals surface area contributed by atoms with Gasteiger partial charge in [0.05, 0.1) is 0 Å². The maximum Gasteiger partial charge on any atom is 0.313 e. The van der Waals surface area contributed by atoms with E-state index >= 15 is 0 Å². The van der Waals surface area contributed by atoms with E-state index in [1.54, 1.807) is 24.4 Å². The van der Waals surface area contributed by atoms with Crippen molar-refractivity contribution in [2.24, 2.45) is 5.92 Å². The maximum absolute atomic E-state index is 12.1. The normalized spacial score (nSPS) is 14.7. The van der Waals surface area contributed by atoms with Gasteiger partial charge in [0.25, 0.3) is 0 Å². The number of piperidine rings is 1. The zero-order chi connectivity index (χ0) is 19.2. The third-order valence-corrected chi connectivity index (χ3v) is 5.03. The molecule has 2 amide bonds. The van der Waals surface area contributed by atoms with Crippen molar-refractivity contribution in [2.45, 2.75) is 19.8 Å². The molecule has 0 unspecified atom stereocenters. The molecule has 3 rings (SSSR count). The van der Waals surface area contributed by atoms with Crippen LogP contribution in [0.4, 0.5) is 11.5 Å². The summed E-state index contributed by atoms with van der Waals surface area (Å²) < 4.78 is 0. The molecule has 1 aliphatic heterocycles. The van der Waals surface area contributed by atoms with E-state index in [1.165, 1.54) is 0 Å². The van der Waals surface area contributed by atoms with Gasteiger partial charge in [0, 0.05) is 36.5 Å². The molecule has 0 aliphatic carbocycles. The molecular weight excluding hydrogens is 364 g/mol. The van der Waals surface area contributed by atoms with Crippen LogP contribution >= 0.6 is 11.6 Å². The number of aryl methyl sites for hydroxylation is 1. The number of aromatic nitrogens is 1. The molecule has 1 aromatic heterocycles. The molecule has 2 N–H and O–H groups in total. The molecule has 1 fully saturated rings. The lowest BCUT2D eigenvalue weighted by molar-refractivity contribution is -0.136. The first kappa shape index (κ1) is 19.2. The lowest BCUT2D eigenvalue weighted by Gasteiger charge is -2.32. The SMILES string of the molecule is Cc1ccc(Cl)cc1NC(=O)C(=O)NCC1CCN(c2ccccn2)CC1. The average Bonchev–Trinajstić information content (AvgIpc) is 2.70. The van der Waals surface area contributed by atoms with Gasteiger partial charge in [-0.05, 0) is 55.5 Å². The summed E-state index contributed by atoms with van der Waals surface area (Å²) in [6, 6.07) is 11.1. The van der Waals surface area contributed by atoms with Crippen LogP contribution in [0.2, 0.25) is 5.02 Å². The quantitative estimate of drug-likeness (QED) is 0.792. The molecule has 0 bridgehead atoms. The standard InChI is InChI=1S/C20H23ClN4O2/c1-14-5-6-16(21)12-17(14)24-20(27)19(26)23-13-15-7-10-25(11-8-15)18-4-2-3-9-22-18/h2-6,9,12,15H,7-8,10-11,13H2,1H3,(H,23,26)(H,24,27). The van der Waals surface area contributed by atoms with Gasteiger partial charge < -0.3 is 15.5 Å². The van der Waals surface area contributed by atoms with Gasteiger partial charge in [-0.2, -0.15) is 0 Å². The smallest absolute Gasteiger partial charge is 0.313 e. The highest BCUT2D eigenvalue weighted by atomic mass is 35.5. The lowest BCUT2D eigenvalue weighted by Crippen LogP contribution is -2.42. The fourth-order valence-electron chi connectivity index (χ4n) is 3.13. The van der Waals surface area contributed by atoms with Gasteiger partial charge in [-0.1, -0.05) is 23.7 Å². The van der Waals surface area contributed by atoms with E-state index in [1.807, 2.05) is 25.1 Å². The molecule has 1 aliphatic rings. The molecule has 1 aromatic carbocycles. The highest BCUT2D eigenvalue weighted by molar-refractivity contribution is 6.40. The summed E-state index contributed by atoms with van der Waals surface area (Å²) in [5.41, 5.74) is 1.40. The molecule has 0 atom stereocenters. The van der Waals surface area contributed by atoms with Crippen molar-refractivity contribution >= 4 is 34.9 Å². The second kappa shape index (κ2) is 8.86. The molecule has 142 valence electrons. The number of nitrogens with zero attached hydrogens (tertiary/aromatic N) is 2. The predicted octanol–water partition coefficient (Wildman–Crippen LogP) is 3.01. The summed E-state index contributed by atoms with van der Waals surface area (Å²) >= 11 is 5.94. The Balaban J connectivity index is 1.44. The van der Waals surface area contributed by atoms with Crippen molar-refractivity contribution < 1.29 is 9.59 Å². The van der Waals surface area contributed by atoms with Crippen LogP contribution < -0.4 is 15.5 Å². The number of hydrogen-bond acceptors (Lipinski definition) is 4. The minimum absolute atomic E-state index is 0.356. The molecular formula is C20H23ClN4O2. The minimum Gasteiger partial charge on any atom is -0.357 e. The van der Waals surface area contributed by atoms with Crippen molar-refractivity contribution in [2.75, 3.05) is 29.9 Å². The molecule has 7 heteroatoms. The number of benzene rings is 1. The lowest BCUT2D eigenvalue weighted by atomic mass is 9.97. The summed E-state index contributed by atoms with van der Waals surface area (Å²) in [4.78, 5) is 30.8. The average molecular weight is 387 g/mol. The molecule has 2 aromatic rings. The fraction of sp³-hybridized carbons (Fsp3) is 0.350. The second-order valence-electron chi connectivity index (χ2n) is 6.74. The fourth-order valence-corrected chi connectivity index (χ4v) is 3.30. The Bertz CT molecular complexity index is 805. The number of rotatable bonds is 4. The molecule has 2 heterocycles. The number of carbonyl (C=O) groups excluding carboxylic acids is 2. The van der Waals surface area contributed by atoms with Gasteiger partial charge >= 0.3 is 11.8 Å². The van der Waals surface area contributed by atoms with Crippen LogP contribution in [-0.4, -0.2) is 36.4 Å². The van der Waals surface area contributed by atoms with Crippen LogP contribution in [0, 0.1) is 12.8 Å². The van der Waals surface area contributed by atoms with Gasteiger partial charge in [-0.25, -0.2) is 4.98 Å². The number of nitrogens with one attached hydrogen (secondary N) is 2. The summed E-state index contributed by atoms with van der Waals surface area (Å²) in [6.07, 6.45) is 3.69. The van der Waals surface area contributed by atoms with E-state index in [0.717, 1.165) is 37.3 Å². The number of pyridine rings is 1. The number of halogens is 1. The first-order chi connectivity index (χ1) is 13.0. The van der Waals surface area contributed by atoms with Crippen LogP contribution in [0.3, 0.4) is 0 Å². The topological polar surface area (TPSA) is 74.3 Å². The van der Waals surface area contributed by atoms with Crippen molar-refractivity contribution in [1.29, 1.82) is 0 Å². The predicted molar refractivity (Wildman–Crippen MR) is 107 cm³/mol. The van der Waals surface area contributed by atoms with E-state index in [0.29, 0.717) is 23.2 Å². The monoisotopic (exact) mass is 386 g/mol. The largest absolute Gasteiger partial charge is 0.357 e. The molecule has 6 nitrogen and oxygen atoms in total. The Morgan fingerprint density at radius 3 is 2.67 bits per heavy atom.